The predicted molar refractivity (Wildman–Crippen MR) is 94.9 cm³/mol. The highest BCUT2D eigenvalue weighted by atomic mass is 16.5. The van der Waals surface area contributed by atoms with Crippen LogP contribution in [0.25, 0.3) is 11.0 Å². The van der Waals surface area contributed by atoms with Gasteiger partial charge in [-0.25, -0.2) is 0 Å². The molecule has 0 saturated carbocycles. The van der Waals surface area contributed by atoms with E-state index < -0.39 is 0 Å². The molecule has 0 fully saturated rings. The Morgan fingerprint density at radius 2 is 1.84 bits per heavy atom. The molecule has 0 unspecified atom stereocenters. The molecule has 0 aliphatic rings. The van der Waals surface area contributed by atoms with Gasteiger partial charge in [0.1, 0.15) is 5.69 Å². The molecule has 0 radical (unpaired) electrons. The molecule has 6 heteroatoms. The number of hydrogen-bond donors (Lipinski definition) is 1. The van der Waals surface area contributed by atoms with Crippen LogP contribution in [-0.4, -0.2) is 28.9 Å². The van der Waals surface area contributed by atoms with Gasteiger partial charge in [0.05, 0.1) is 6.42 Å². The minimum Gasteiger partial charge on any atom is -0.356 e. The van der Waals surface area contributed by atoms with E-state index >= 15 is 0 Å². The smallest absolute Gasteiger partial charge is 0.230 e. The van der Waals surface area contributed by atoms with E-state index in [2.05, 4.69) is 10.5 Å². The van der Waals surface area contributed by atoms with E-state index in [1.807, 2.05) is 48.5 Å². The second kappa shape index (κ2) is 7.17. The summed E-state index contributed by atoms with van der Waals surface area (Å²) in [4.78, 5) is 25.5. The molecule has 25 heavy (non-hydrogen) atoms. The molecule has 0 atom stereocenters. The Kier molecular flexibility index (Phi) is 4.79. The van der Waals surface area contributed by atoms with Gasteiger partial charge in [-0.15, -0.1) is 0 Å². The Morgan fingerprint density at radius 1 is 1.12 bits per heavy atom. The zero-order valence-electron chi connectivity index (χ0n) is 14.2. The van der Waals surface area contributed by atoms with Gasteiger partial charge in [0.15, 0.2) is 5.58 Å². The second-order valence-corrected chi connectivity index (χ2v) is 5.88. The lowest BCUT2D eigenvalue weighted by Gasteiger charge is -2.17. The maximum absolute atomic E-state index is 12.4. The van der Waals surface area contributed by atoms with Gasteiger partial charge >= 0.3 is 0 Å². The summed E-state index contributed by atoms with van der Waals surface area (Å²) < 4.78 is 5.23. The van der Waals surface area contributed by atoms with Crippen molar-refractivity contribution in [2.75, 3.05) is 12.4 Å². The zero-order chi connectivity index (χ0) is 17.8. The molecule has 0 saturated heterocycles. The first kappa shape index (κ1) is 16.7. The summed E-state index contributed by atoms with van der Waals surface area (Å²) >= 11 is 0. The van der Waals surface area contributed by atoms with Gasteiger partial charge in [-0.05, 0) is 23.8 Å². The molecule has 2 aromatic carbocycles. The van der Waals surface area contributed by atoms with Crippen LogP contribution in [0.2, 0.25) is 0 Å². The number of carbonyl (C=O) groups excluding carboxylic acids is 2. The molecule has 1 heterocycles. The monoisotopic (exact) mass is 337 g/mol. The summed E-state index contributed by atoms with van der Waals surface area (Å²) in [5, 5.41) is 7.72. The first-order valence-corrected chi connectivity index (χ1v) is 7.97. The Labute approximate surface area is 145 Å². The number of nitrogens with zero attached hydrogens (tertiary/aromatic N) is 2. The van der Waals surface area contributed by atoms with Crippen molar-refractivity contribution < 1.29 is 14.1 Å². The first-order valence-electron chi connectivity index (χ1n) is 7.97. The van der Waals surface area contributed by atoms with Gasteiger partial charge in [-0.1, -0.05) is 35.5 Å². The van der Waals surface area contributed by atoms with E-state index in [1.165, 1.54) is 6.92 Å². The second-order valence-electron chi connectivity index (χ2n) is 5.88. The molecule has 1 aromatic heterocycles. The topological polar surface area (TPSA) is 75.4 Å². The van der Waals surface area contributed by atoms with Gasteiger partial charge in [-0.2, -0.15) is 0 Å². The normalized spacial score (nSPS) is 10.6. The van der Waals surface area contributed by atoms with Crippen molar-refractivity contribution in [3.05, 3.63) is 59.8 Å². The van der Waals surface area contributed by atoms with Crippen LogP contribution in [0.3, 0.4) is 0 Å². The average molecular weight is 337 g/mol. The highest BCUT2D eigenvalue weighted by Crippen LogP contribution is 2.20. The Bertz CT molecular complexity index is 917. The van der Waals surface area contributed by atoms with Crippen LogP contribution >= 0.6 is 0 Å². The number of amides is 2. The lowest BCUT2D eigenvalue weighted by Crippen LogP contribution is -2.24. The highest BCUT2D eigenvalue weighted by Gasteiger charge is 2.14. The van der Waals surface area contributed by atoms with E-state index in [9.17, 15) is 9.59 Å². The van der Waals surface area contributed by atoms with Crippen LogP contribution in [-0.2, 0) is 22.6 Å². The van der Waals surface area contributed by atoms with Gasteiger partial charge in [0, 0.05) is 31.6 Å². The quantitative estimate of drug-likeness (QED) is 0.776. The number of para-hydroxylation sites is 2. The molecule has 3 rings (SSSR count). The fourth-order valence-corrected chi connectivity index (χ4v) is 2.56. The Hall–Kier alpha value is -3.15. The number of nitrogens with one attached hydrogen (secondary N) is 1. The number of anilines is 1. The molecule has 2 amide bonds. The van der Waals surface area contributed by atoms with Crippen molar-refractivity contribution in [2.45, 2.75) is 19.9 Å². The minimum absolute atomic E-state index is 0.0322. The largest absolute Gasteiger partial charge is 0.356 e. The summed E-state index contributed by atoms with van der Waals surface area (Å²) in [6.07, 6.45) is 0.119. The van der Waals surface area contributed by atoms with Crippen molar-refractivity contribution in [3.8, 4) is 0 Å². The fraction of sp³-hybridized carbons (Fsp3) is 0.211. The maximum Gasteiger partial charge on any atom is 0.230 e. The third-order valence-corrected chi connectivity index (χ3v) is 4.02. The maximum atomic E-state index is 12.4. The van der Waals surface area contributed by atoms with Gasteiger partial charge in [0.25, 0.3) is 0 Å². The minimum atomic E-state index is -0.183. The molecule has 6 nitrogen and oxygen atoms in total. The molecule has 0 spiro atoms. The number of rotatable bonds is 5. The highest BCUT2D eigenvalue weighted by molar-refractivity contribution is 5.95. The van der Waals surface area contributed by atoms with Gasteiger partial charge in [0.2, 0.25) is 11.8 Å². The Balaban J connectivity index is 1.74. The van der Waals surface area contributed by atoms with Crippen LogP contribution in [0.15, 0.2) is 53.1 Å². The number of carbonyl (C=O) groups is 2. The summed E-state index contributed by atoms with van der Waals surface area (Å²) in [5.74, 6) is -0.216. The summed E-state index contributed by atoms with van der Waals surface area (Å²) in [6.45, 7) is 1.94. The molecule has 1 N–H and O–H groups in total. The zero-order valence-corrected chi connectivity index (χ0v) is 14.2. The molecular formula is C19H19N3O3. The van der Waals surface area contributed by atoms with E-state index in [0.29, 0.717) is 23.5 Å². The van der Waals surface area contributed by atoms with E-state index in [0.717, 1.165) is 10.9 Å². The summed E-state index contributed by atoms with van der Waals surface area (Å²) in [7, 11) is 1.72. The number of aromatic nitrogens is 1. The van der Waals surface area contributed by atoms with Crippen molar-refractivity contribution in [1.29, 1.82) is 0 Å². The molecule has 0 aliphatic carbocycles. The third-order valence-electron chi connectivity index (χ3n) is 4.02. The van der Waals surface area contributed by atoms with Crippen LogP contribution in [0.1, 0.15) is 18.2 Å². The van der Waals surface area contributed by atoms with Crippen molar-refractivity contribution in [1.82, 2.24) is 10.1 Å². The number of fused-ring (bicyclic) bond motifs is 1. The van der Waals surface area contributed by atoms with Gasteiger partial charge in [-0.3, -0.25) is 9.59 Å². The standard InChI is InChI=1S/C19H19N3O3/c1-13(23)22(2)12-14-7-3-5-9-16(14)20-19(24)11-17-15-8-4-6-10-18(15)25-21-17/h3-10H,11-12H2,1-2H3,(H,20,24). The van der Waals surface area contributed by atoms with E-state index in [1.54, 1.807) is 11.9 Å². The average Bonchev–Trinajstić information content (AvgIpc) is 2.99. The predicted octanol–water partition coefficient (Wildman–Crippen LogP) is 2.99. The molecule has 0 bridgehead atoms. The molecule has 3 aromatic rings. The van der Waals surface area contributed by atoms with Crippen LogP contribution < -0.4 is 5.32 Å². The first-order chi connectivity index (χ1) is 12.0. The van der Waals surface area contributed by atoms with E-state index in [4.69, 9.17) is 4.52 Å². The summed E-state index contributed by atoms with van der Waals surface area (Å²) in [6, 6.07) is 14.9. The van der Waals surface area contributed by atoms with Gasteiger partial charge < -0.3 is 14.7 Å². The summed E-state index contributed by atoms with van der Waals surface area (Å²) in [5.41, 5.74) is 2.83. The number of hydrogen-bond acceptors (Lipinski definition) is 4. The van der Waals surface area contributed by atoms with Crippen molar-refractivity contribution >= 4 is 28.5 Å². The SMILES string of the molecule is CC(=O)N(C)Cc1ccccc1NC(=O)Cc1noc2ccccc12. The van der Waals surface area contributed by atoms with E-state index in [-0.39, 0.29) is 18.2 Å². The Morgan fingerprint density at radius 3 is 2.64 bits per heavy atom. The fourth-order valence-electron chi connectivity index (χ4n) is 2.56. The third kappa shape index (κ3) is 3.85. The van der Waals surface area contributed by atoms with Crippen molar-refractivity contribution in [3.63, 3.8) is 0 Å². The van der Waals surface area contributed by atoms with Crippen molar-refractivity contribution in [2.24, 2.45) is 0 Å². The van der Waals surface area contributed by atoms with Crippen LogP contribution in [0.5, 0.6) is 0 Å². The van der Waals surface area contributed by atoms with Crippen LogP contribution in [0, 0.1) is 0 Å². The molecule has 0 aliphatic heterocycles. The molecule has 128 valence electrons. The lowest BCUT2D eigenvalue weighted by molar-refractivity contribution is -0.128. The van der Waals surface area contributed by atoms with Crippen LogP contribution in [0.4, 0.5) is 5.69 Å². The lowest BCUT2D eigenvalue weighted by atomic mass is 10.1. The molecular weight excluding hydrogens is 318 g/mol. The number of benzene rings is 2.